The number of nitrogens with zero attached hydrogens (tertiary/aromatic N) is 3. The molecule has 150 valence electrons. The SMILES string of the molecule is CCC(CNC(=NC)NCc1c(C)nn(C)c1C)Cc1cccc(Br)c1.I. The lowest BCUT2D eigenvalue weighted by Gasteiger charge is -2.18. The van der Waals surface area contributed by atoms with Crippen LogP contribution in [-0.4, -0.2) is 29.3 Å². The van der Waals surface area contributed by atoms with Gasteiger partial charge in [-0.05, 0) is 43.9 Å². The van der Waals surface area contributed by atoms with Gasteiger partial charge in [-0.2, -0.15) is 5.10 Å². The molecule has 0 radical (unpaired) electrons. The van der Waals surface area contributed by atoms with Gasteiger partial charge in [0, 0.05) is 42.9 Å². The summed E-state index contributed by atoms with van der Waals surface area (Å²) < 4.78 is 3.06. The lowest BCUT2D eigenvalue weighted by Crippen LogP contribution is -2.39. The molecule has 0 saturated heterocycles. The summed E-state index contributed by atoms with van der Waals surface area (Å²) in [5, 5.41) is 11.4. The molecule has 1 heterocycles. The van der Waals surface area contributed by atoms with E-state index < -0.39 is 0 Å². The van der Waals surface area contributed by atoms with Crippen molar-refractivity contribution in [1.82, 2.24) is 20.4 Å². The molecule has 7 heteroatoms. The van der Waals surface area contributed by atoms with Crippen molar-refractivity contribution in [1.29, 1.82) is 0 Å². The van der Waals surface area contributed by atoms with Gasteiger partial charge < -0.3 is 10.6 Å². The van der Waals surface area contributed by atoms with Crippen LogP contribution in [0.15, 0.2) is 33.7 Å². The number of aryl methyl sites for hydroxylation is 2. The molecule has 0 bridgehead atoms. The Balaban J connectivity index is 0.00000364. The van der Waals surface area contributed by atoms with E-state index in [0.29, 0.717) is 5.92 Å². The second kappa shape index (κ2) is 11.7. The first kappa shape index (κ1) is 23.9. The van der Waals surface area contributed by atoms with Gasteiger partial charge in [-0.3, -0.25) is 9.67 Å². The second-order valence-electron chi connectivity index (χ2n) is 6.69. The fraction of sp³-hybridized carbons (Fsp3) is 0.500. The highest BCUT2D eigenvalue weighted by atomic mass is 127. The third-order valence-corrected chi connectivity index (χ3v) is 5.36. The van der Waals surface area contributed by atoms with Gasteiger partial charge >= 0.3 is 0 Å². The van der Waals surface area contributed by atoms with E-state index in [1.807, 2.05) is 25.7 Å². The Kier molecular flexibility index (Phi) is 10.4. The Labute approximate surface area is 188 Å². The molecule has 0 aliphatic heterocycles. The molecule has 0 saturated carbocycles. The largest absolute Gasteiger partial charge is 0.356 e. The predicted octanol–water partition coefficient (Wildman–Crippen LogP) is 4.35. The molecule has 27 heavy (non-hydrogen) atoms. The zero-order chi connectivity index (χ0) is 19.1. The Hall–Kier alpha value is -1.09. The fourth-order valence-electron chi connectivity index (χ4n) is 3.07. The second-order valence-corrected chi connectivity index (χ2v) is 7.60. The topological polar surface area (TPSA) is 54.2 Å². The van der Waals surface area contributed by atoms with Gasteiger partial charge in [0.15, 0.2) is 5.96 Å². The van der Waals surface area contributed by atoms with Crippen LogP contribution in [0.2, 0.25) is 0 Å². The Bertz CT molecular complexity index is 757. The third kappa shape index (κ3) is 7.10. The molecule has 2 N–H and O–H groups in total. The lowest BCUT2D eigenvalue weighted by molar-refractivity contribution is 0.493. The van der Waals surface area contributed by atoms with Gasteiger partial charge in [0.2, 0.25) is 0 Å². The van der Waals surface area contributed by atoms with Crippen LogP contribution in [0, 0.1) is 19.8 Å². The van der Waals surface area contributed by atoms with Crippen molar-refractivity contribution >= 4 is 45.9 Å². The first-order valence-corrected chi connectivity index (χ1v) is 9.91. The van der Waals surface area contributed by atoms with E-state index in [4.69, 9.17) is 0 Å². The first-order chi connectivity index (χ1) is 12.4. The molecule has 0 aliphatic carbocycles. The minimum Gasteiger partial charge on any atom is -0.356 e. The normalized spacial score (nSPS) is 12.4. The van der Waals surface area contributed by atoms with Crippen LogP contribution in [0.25, 0.3) is 0 Å². The van der Waals surface area contributed by atoms with E-state index in [2.05, 4.69) is 74.8 Å². The van der Waals surface area contributed by atoms with Crippen LogP contribution in [0.4, 0.5) is 0 Å². The maximum absolute atomic E-state index is 4.47. The van der Waals surface area contributed by atoms with Gasteiger partial charge in [0.1, 0.15) is 0 Å². The van der Waals surface area contributed by atoms with Crippen LogP contribution >= 0.6 is 39.9 Å². The molecular formula is C20H31BrIN5. The van der Waals surface area contributed by atoms with Gasteiger partial charge in [-0.15, -0.1) is 24.0 Å². The molecule has 1 atom stereocenters. The van der Waals surface area contributed by atoms with Crippen LogP contribution in [0.3, 0.4) is 0 Å². The molecule has 1 aromatic carbocycles. The number of rotatable bonds is 7. The summed E-state index contributed by atoms with van der Waals surface area (Å²) in [5.41, 5.74) is 4.84. The highest BCUT2D eigenvalue weighted by molar-refractivity contribution is 14.0. The van der Waals surface area contributed by atoms with Crippen LogP contribution in [-0.2, 0) is 20.0 Å². The number of hydrogen-bond donors (Lipinski definition) is 2. The zero-order valence-corrected chi connectivity index (χ0v) is 20.8. The predicted molar refractivity (Wildman–Crippen MR) is 128 cm³/mol. The smallest absolute Gasteiger partial charge is 0.191 e. The molecule has 0 amide bonds. The molecule has 5 nitrogen and oxygen atoms in total. The van der Waals surface area contributed by atoms with E-state index in [1.54, 1.807) is 0 Å². The average molecular weight is 548 g/mol. The maximum Gasteiger partial charge on any atom is 0.191 e. The number of nitrogens with one attached hydrogen (secondary N) is 2. The van der Waals surface area contributed by atoms with E-state index in [-0.39, 0.29) is 24.0 Å². The van der Waals surface area contributed by atoms with Crippen LogP contribution < -0.4 is 10.6 Å². The van der Waals surface area contributed by atoms with Gasteiger partial charge in [-0.1, -0.05) is 41.4 Å². The minimum atomic E-state index is 0. The first-order valence-electron chi connectivity index (χ1n) is 9.12. The highest BCUT2D eigenvalue weighted by Gasteiger charge is 2.12. The monoisotopic (exact) mass is 547 g/mol. The summed E-state index contributed by atoms with van der Waals surface area (Å²) in [6.45, 7) is 8.01. The molecule has 1 unspecified atom stereocenters. The van der Waals surface area contributed by atoms with E-state index >= 15 is 0 Å². The van der Waals surface area contributed by atoms with Crippen molar-refractivity contribution < 1.29 is 0 Å². The summed E-state index contributed by atoms with van der Waals surface area (Å²) in [4.78, 5) is 4.36. The summed E-state index contributed by atoms with van der Waals surface area (Å²) in [6.07, 6.45) is 2.18. The van der Waals surface area contributed by atoms with Crippen molar-refractivity contribution in [2.75, 3.05) is 13.6 Å². The molecule has 2 rings (SSSR count). The zero-order valence-electron chi connectivity index (χ0n) is 16.8. The number of hydrogen-bond acceptors (Lipinski definition) is 2. The van der Waals surface area contributed by atoms with Crippen molar-refractivity contribution in [3.8, 4) is 0 Å². The molecule has 0 aliphatic rings. The third-order valence-electron chi connectivity index (χ3n) is 4.86. The summed E-state index contributed by atoms with van der Waals surface area (Å²) in [7, 11) is 3.79. The van der Waals surface area contributed by atoms with E-state index in [9.17, 15) is 0 Å². The Morgan fingerprint density at radius 2 is 2.04 bits per heavy atom. The highest BCUT2D eigenvalue weighted by Crippen LogP contribution is 2.16. The maximum atomic E-state index is 4.47. The average Bonchev–Trinajstić information content (AvgIpc) is 2.86. The number of halogens is 2. The van der Waals surface area contributed by atoms with Crippen molar-refractivity contribution in [2.24, 2.45) is 18.0 Å². The van der Waals surface area contributed by atoms with E-state index in [1.165, 1.54) is 16.8 Å². The Morgan fingerprint density at radius 1 is 1.30 bits per heavy atom. The summed E-state index contributed by atoms with van der Waals surface area (Å²) in [5.74, 6) is 1.39. The fourth-order valence-corrected chi connectivity index (χ4v) is 3.51. The van der Waals surface area contributed by atoms with Gasteiger partial charge in [-0.25, -0.2) is 0 Å². The lowest BCUT2D eigenvalue weighted by atomic mass is 9.97. The number of aliphatic imine (C=N–C) groups is 1. The van der Waals surface area contributed by atoms with E-state index in [0.717, 1.165) is 42.1 Å². The molecule has 2 aromatic rings. The summed E-state index contributed by atoms with van der Waals surface area (Å²) in [6, 6.07) is 8.55. The quantitative estimate of drug-likeness (QED) is 0.308. The molecule has 0 fully saturated rings. The number of aromatic nitrogens is 2. The molecular weight excluding hydrogens is 517 g/mol. The molecule has 0 spiro atoms. The van der Waals surface area contributed by atoms with Crippen molar-refractivity contribution in [2.45, 2.75) is 40.2 Å². The van der Waals surface area contributed by atoms with Crippen molar-refractivity contribution in [3.05, 3.63) is 51.3 Å². The van der Waals surface area contributed by atoms with Gasteiger partial charge in [0.25, 0.3) is 0 Å². The molecule has 1 aromatic heterocycles. The minimum absolute atomic E-state index is 0. The number of guanidine groups is 1. The van der Waals surface area contributed by atoms with Gasteiger partial charge in [0.05, 0.1) is 5.69 Å². The Morgan fingerprint density at radius 3 is 2.59 bits per heavy atom. The standard InChI is InChI=1S/C20H30BrN5.HI/c1-6-16(10-17-8-7-9-18(21)11-17)12-23-20(22-4)24-13-19-14(2)25-26(5)15(19)3;/h7-9,11,16H,6,10,12-13H2,1-5H3,(H2,22,23,24);1H. The number of benzene rings is 1. The van der Waals surface area contributed by atoms with Crippen LogP contribution in [0.5, 0.6) is 0 Å². The summed E-state index contributed by atoms with van der Waals surface area (Å²) >= 11 is 3.55. The van der Waals surface area contributed by atoms with Crippen molar-refractivity contribution in [3.63, 3.8) is 0 Å². The van der Waals surface area contributed by atoms with Crippen LogP contribution in [0.1, 0.15) is 35.9 Å².